The van der Waals surface area contributed by atoms with Crippen molar-refractivity contribution in [3.8, 4) is 0 Å². The first kappa shape index (κ1) is 12.9. The largest absolute Gasteiger partial charge is 0.469 e. The van der Waals surface area contributed by atoms with Gasteiger partial charge in [-0.1, -0.05) is 12.1 Å². The van der Waals surface area contributed by atoms with E-state index < -0.39 is 0 Å². The number of aryl methyl sites for hydroxylation is 1. The number of nitrogens with one attached hydrogen (secondary N) is 1. The highest BCUT2D eigenvalue weighted by Gasteiger charge is 2.22. The van der Waals surface area contributed by atoms with Gasteiger partial charge >= 0.3 is 0 Å². The Balaban J connectivity index is 1.73. The predicted molar refractivity (Wildman–Crippen MR) is 87.5 cm³/mol. The van der Waals surface area contributed by atoms with Crippen molar-refractivity contribution in [2.75, 3.05) is 5.32 Å². The van der Waals surface area contributed by atoms with Crippen LogP contribution in [0.3, 0.4) is 0 Å². The zero-order valence-electron chi connectivity index (χ0n) is 11.5. The van der Waals surface area contributed by atoms with Crippen molar-refractivity contribution in [3.05, 3.63) is 58.6 Å². The summed E-state index contributed by atoms with van der Waals surface area (Å²) in [6.07, 6.45) is 6.96. The van der Waals surface area contributed by atoms with Gasteiger partial charge in [-0.15, -0.1) is 0 Å². The smallest absolute Gasteiger partial charge is 0.109 e. The Morgan fingerprint density at radius 1 is 1.29 bits per heavy atom. The van der Waals surface area contributed by atoms with Gasteiger partial charge in [0.2, 0.25) is 0 Å². The van der Waals surface area contributed by atoms with Gasteiger partial charge in [-0.3, -0.25) is 4.98 Å². The van der Waals surface area contributed by atoms with Crippen molar-refractivity contribution < 1.29 is 4.42 Å². The summed E-state index contributed by atoms with van der Waals surface area (Å²) < 4.78 is 6.57. The molecule has 1 aromatic carbocycles. The van der Waals surface area contributed by atoms with Gasteiger partial charge in [0.25, 0.3) is 0 Å². The number of benzene rings is 1. The Morgan fingerprint density at radius 3 is 3.19 bits per heavy atom. The second kappa shape index (κ2) is 5.19. The van der Waals surface area contributed by atoms with E-state index in [0.29, 0.717) is 6.04 Å². The lowest BCUT2D eigenvalue weighted by atomic mass is 9.93. The van der Waals surface area contributed by atoms with Gasteiger partial charge < -0.3 is 9.73 Å². The van der Waals surface area contributed by atoms with Gasteiger partial charge in [-0.05, 0) is 47.0 Å². The van der Waals surface area contributed by atoms with Crippen LogP contribution in [0.1, 0.15) is 30.2 Å². The number of fused-ring (bicyclic) bond motifs is 2. The van der Waals surface area contributed by atoms with Crippen LogP contribution in [0.4, 0.5) is 5.69 Å². The molecule has 2 heterocycles. The highest BCUT2D eigenvalue weighted by Crippen LogP contribution is 2.35. The normalized spacial score (nSPS) is 17.7. The maximum Gasteiger partial charge on any atom is 0.109 e. The van der Waals surface area contributed by atoms with Crippen LogP contribution in [0.2, 0.25) is 0 Å². The number of halogens is 1. The minimum absolute atomic E-state index is 0.309. The van der Waals surface area contributed by atoms with Gasteiger partial charge in [-0.25, -0.2) is 0 Å². The molecule has 1 unspecified atom stereocenters. The summed E-state index contributed by atoms with van der Waals surface area (Å²) in [5.41, 5.74) is 3.38. The number of furan rings is 1. The monoisotopic (exact) mass is 342 g/mol. The molecule has 4 heteroatoms. The van der Waals surface area contributed by atoms with Crippen LogP contribution in [0, 0.1) is 0 Å². The fourth-order valence-electron chi connectivity index (χ4n) is 3.07. The first-order valence-corrected chi connectivity index (χ1v) is 7.97. The zero-order valence-corrected chi connectivity index (χ0v) is 13.1. The van der Waals surface area contributed by atoms with Crippen molar-refractivity contribution in [2.45, 2.75) is 25.3 Å². The summed E-state index contributed by atoms with van der Waals surface area (Å²) >= 11 is 3.48. The molecule has 2 aromatic heterocycles. The quantitative estimate of drug-likeness (QED) is 0.705. The molecule has 0 fully saturated rings. The number of nitrogens with zero attached hydrogens (tertiary/aromatic N) is 1. The maximum atomic E-state index is 5.57. The topological polar surface area (TPSA) is 38.1 Å². The average Bonchev–Trinajstić information content (AvgIpc) is 2.97. The number of aromatic nitrogens is 1. The Bertz CT molecular complexity index is 796. The molecule has 0 saturated heterocycles. The van der Waals surface area contributed by atoms with E-state index in [9.17, 15) is 0 Å². The van der Waals surface area contributed by atoms with E-state index in [1.807, 2.05) is 6.20 Å². The fourth-order valence-corrected chi connectivity index (χ4v) is 3.42. The second-order valence-corrected chi connectivity index (χ2v) is 6.33. The Kier molecular flexibility index (Phi) is 3.19. The average molecular weight is 343 g/mol. The lowest BCUT2D eigenvalue weighted by molar-refractivity contribution is 0.461. The molecule has 1 aliphatic carbocycles. The van der Waals surface area contributed by atoms with Crippen molar-refractivity contribution in [3.63, 3.8) is 0 Å². The summed E-state index contributed by atoms with van der Waals surface area (Å²) in [4.78, 5) is 4.56. The van der Waals surface area contributed by atoms with Crippen LogP contribution in [0.5, 0.6) is 0 Å². The van der Waals surface area contributed by atoms with Crippen molar-refractivity contribution in [1.82, 2.24) is 4.98 Å². The van der Waals surface area contributed by atoms with Gasteiger partial charge in [0.05, 0.1) is 23.5 Å². The van der Waals surface area contributed by atoms with Crippen LogP contribution in [-0.2, 0) is 6.42 Å². The molecule has 3 aromatic rings. The molecule has 0 amide bonds. The first-order chi connectivity index (χ1) is 10.3. The third-order valence-corrected chi connectivity index (χ3v) is 4.49. The van der Waals surface area contributed by atoms with Gasteiger partial charge in [-0.2, -0.15) is 0 Å². The lowest BCUT2D eigenvalue weighted by Crippen LogP contribution is -2.16. The standard InChI is InChI=1S/C17H15BrN2O/c18-12-9-11-3-1-5-15(17(11)19-10-12)20-14-4-2-6-16-13(14)7-8-21-16/h1,3,5,7-10,14,20H,2,4,6H2. The second-order valence-electron chi connectivity index (χ2n) is 5.42. The zero-order chi connectivity index (χ0) is 14.2. The summed E-state index contributed by atoms with van der Waals surface area (Å²) in [5, 5.41) is 4.78. The predicted octanol–water partition coefficient (Wildman–Crippen LogP) is 5.08. The number of rotatable bonds is 2. The fraction of sp³-hybridized carbons (Fsp3) is 0.235. The number of para-hydroxylation sites is 1. The van der Waals surface area contributed by atoms with E-state index in [1.165, 1.54) is 5.56 Å². The third kappa shape index (κ3) is 2.33. The van der Waals surface area contributed by atoms with Gasteiger partial charge in [0.1, 0.15) is 5.76 Å². The van der Waals surface area contributed by atoms with Crippen LogP contribution in [0.15, 0.2) is 51.7 Å². The van der Waals surface area contributed by atoms with E-state index >= 15 is 0 Å². The number of hydrogen-bond donors (Lipinski definition) is 1. The molecular weight excluding hydrogens is 328 g/mol. The number of pyridine rings is 1. The summed E-state index contributed by atoms with van der Waals surface area (Å²) in [5.74, 6) is 1.12. The lowest BCUT2D eigenvalue weighted by Gasteiger charge is -2.24. The molecule has 1 atom stereocenters. The molecule has 0 bridgehead atoms. The molecular formula is C17H15BrN2O. The maximum absolute atomic E-state index is 5.57. The third-order valence-electron chi connectivity index (χ3n) is 4.06. The highest BCUT2D eigenvalue weighted by atomic mass is 79.9. The van der Waals surface area contributed by atoms with Gasteiger partial charge in [0.15, 0.2) is 0 Å². The van der Waals surface area contributed by atoms with E-state index in [2.05, 4.69) is 56.6 Å². The van der Waals surface area contributed by atoms with E-state index in [-0.39, 0.29) is 0 Å². The van der Waals surface area contributed by atoms with E-state index in [0.717, 1.165) is 46.1 Å². The minimum atomic E-state index is 0.309. The molecule has 0 aliphatic heterocycles. The van der Waals surface area contributed by atoms with Crippen molar-refractivity contribution in [2.24, 2.45) is 0 Å². The van der Waals surface area contributed by atoms with Gasteiger partial charge in [0, 0.05) is 28.0 Å². The molecule has 3 nitrogen and oxygen atoms in total. The molecule has 1 aliphatic rings. The molecule has 0 saturated carbocycles. The summed E-state index contributed by atoms with van der Waals surface area (Å²) in [7, 11) is 0. The van der Waals surface area contributed by atoms with Crippen LogP contribution in [0.25, 0.3) is 10.9 Å². The Hall–Kier alpha value is -1.81. The van der Waals surface area contributed by atoms with Crippen LogP contribution < -0.4 is 5.32 Å². The highest BCUT2D eigenvalue weighted by molar-refractivity contribution is 9.10. The van der Waals surface area contributed by atoms with E-state index in [4.69, 9.17) is 4.42 Å². The summed E-state index contributed by atoms with van der Waals surface area (Å²) in [6, 6.07) is 10.7. The van der Waals surface area contributed by atoms with Crippen molar-refractivity contribution >= 4 is 32.5 Å². The Labute approximate surface area is 131 Å². The molecule has 21 heavy (non-hydrogen) atoms. The van der Waals surface area contributed by atoms with Crippen LogP contribution in [-0.4, -0.2) is 4.98 Å². The molecule has 0 radical (unpaired) electrons. The molecule has 1 N–H and O–H groups in total. The van der Waals surface area contributed by atoms with E-state index in [1.54, 1.807) is 6.26 Å². The molecule has 4 rings (SSSR count). The first-order valence-electron chi connectivity index (χ1n) is 7.18. The summed E-state index contributed by atoms with van der Waals surface area (Å²) in [6.45, 7) is 0. The minimum Gasteiger partial charge on any atom is -0.469 e. The number of hydrogen-bond acceptors (Lipinski definition) is 3. The number of anilines is 1. The van der Waals surface area contributed by atoms with Crippen molar-refractivity contribution in [1.29, 1.82) is 0 Å². The molecule has 106 valence electrons. The SMILES string of the molecule is Brc1cnc2c(NC3CCCc4occc43)cccc2c1. The van der Waals surface area contributed by atoms with Crippen LogP contribution >= 0.6 is 15.9 Å². The Morgan fingerprint density at radius 2 is 2.24 bits per heavy atom. The molecule has 0 spiro atoms.